The second-order valence-electron chi connectivity index (χ2n) is 3.21. The summed E-state index contributed by atoms with van der Waals surface area (Å²) >= 11 is 11.5. The highest BCUT2D eigenvalue weighted by Gasteiger charge is 2.14. The van der Waals surface area contributed by atoms with Crippen LogP contribution in [0.1, 0.15) is 6.92 Å². The molecule has 0 aromatic carbocycles. The molecule has 0 saturated carbocycles. The molecular formula is C10H13Cl2N3O. The Bertz CT molecular complexity index is 353. The first-order valence-corrected chi connectivity index (χ1v) is 5.54. The summed E-state index contributed by atoms with van der Waals surface area (Å²) in [5, 5.41) is 9.35. The predicted octanol–water partition coefficient (Wildman–Crippen LogP) is 2.16. The number of aliphatic hydroxyl groups is 1. The lowest BCUT2D eigenvalue weighted by Gasteiger charge is -2.27. The lowest BCUT2D eigenvalue weighted by atomic mass is 10.2. The average molecular weight is 262 g/mol. The highest BCUT2D eigenvalue weighted by Crippen LogP contribution is 2.20. The zero-order valence-corrected chi connectivity index (χ0v) is 10.4. The van der Waals surface area contributed by atoms with Gasteiger partial charge in [-0.2, -0.15) is 0 Å². The molecule has 0 bridgehead atoms. The van der Waals surface area contributed by atoms with Crippen LogP contribution in [0.3, 0.4) is 0 Å². The van der Waals surface area contributed by atoms with Crippen molar-refractivity contribution in [3.05, 3.63) is 29.2 Å². The van der Waals surface area contributed by atoms with E-state index in [9.17, 15) is 0 Å². The number of hydrogen-bond acceptors (Lipinski definition) is 4. The Kier molecular flexibility index (Phi) is 4.99. The standard InChI is InChI=1S/C10H13Cl2N3O/c1-3-7(2)15(4-5-16)9-6-8(11)13-10(12)14-9/h3,6-7,16H,1,4-5H2,2H3. The second-order valence-corrected chi connectivity index (χ2v) is 3.94. The van der Waals surface area contributed by atoms with E-state index in [0.717, 1.165) is 0 Å². The third-order valence-corrected chi connectivity index (χ3v) is 2.48. The van der Waals surface area contributed by atoms with Gasteiger partial charge in [0.1, 0.15) is 11.0 Å². The monoisotopic (exact) mass is 261 g/mol. The number of anilines is 1. The van der Waals surface area contributed by atoms with Gasteiger partial charge < -0.3 is 10.0 Å². The van der Waals surface area contributed by atoms with Gasteiger partial charge in [0.05, 0.1) is 6.61 Å². The summed E-state index contributed by atoms with van der Waals surface area (Å²) in [5.74, 6) is 0.575. The van der Waals surface area contributed by atoms with Crippen LogP contribution in [-0.4, -0.2) is 34.3 Å². The van der Waals surface area contributed by atoms with Crippen LogP contribution in [0, 0.1) is 0 Å². The lowest BCUT2D eigenvalue weighted by Crippen LogP contribution is -2.34. The Labute approximate surface area is 105 Å². The van der Waals surface area contributed by atoms with Gasteiger partial charge in [0.15, 0.2) is 0 Å². The van der Waals surface area contributed by atoms with Crippen LogP contribution >= 0.6 is 23.2 Å². The van der Waals surface area contributed by atoms with E-state index >= 15 is 0 Å². The second kappa shape index (κ2) is 6.03. The SMILES string of the molecule is C=CC(C)N(CCO)c1cc(Cl)nc(Cl)n1. The van der Waals surface area contributed by atoms with Crippen LogP contribution in [0.5, 0.6) is 0 Å². The van der Waals surface area contributed by atoms with Crippen molar-refractivity contribution in [3.8, 4) is 0 Å². The van der Waals surface area contributed by atoms with Crippen LogP contribution in [0.4, 0.5) is 5.82 Å². The normalized spacial score (nSPS) is 12.2. The summed E-state index contributed by atoms with van der Waals surface area (Å²) in [4.78, 5) is 9.67. The first kappa shape index (κ1) is 13.2. The summed E-state index contributed by atoms with van der Waals surface area (Å²) in [5.41, 5.74) is 0. The Morgan fingerprint density at radius 1 is 1.56 bits per heavy atom. The summed E-state index contributed by atoms with van der Waals surface area (Å²) in [6.45, 7) is 6.08. The van der Waals surface area contributed by atoms with Crippen molar-refractivity contribution in [3.63, 3.8) is 0 Å². The minimum atomic E-state index is 0.0113. The van der Waals surface area contributed by atoms with E-state index in [1.54, 1.807) is 12.1 Å². The first-order valence-electron chi connectivity index (χ1n) is 4.78. The molecule has 0 amide bonds. The van der Waals surface area contributed by atoms with Gasteiger partial charge >= 0.3 is 0 Å². The van der Waals surface area contributed by atoms with Gasteiger partial charge in [-0.15, -0.1) is 6.58 Å². The molecule has 1 atom stereocenters. The molecule has 0 radical (unpaired) electrons. The van der Waals surface area contributed by atoms with E-state index in [1.807, 2.05) is 11.8 Å². The third-order valence-electron chi connectivity index (χ3n) is 2.12. The van der Waals surface area contributed by atoms with Crippen LogP contribution in [0.2, 0.25) is 10.4 Å². The number of nitrogens with zero attached hydrogens (tertiary/aromatic N) is 3. The van der Waals surface area contributed by atoms with Crippen LogP contribution in [-0.2, 0) is 0 Å². The summed E-state index contributed by atoms with van der Waals surface area (Å²) in [6.07, 6.45) is 1.75. The van der Waals surface area contributed by atoms with Crippen LogP contribution in [0.25, 0.3) is 0 Å². The van der Waals surface area contributed by atoms with Crippen molar-refractivity contribution >= 4 is 29.0 Å². The topological polar surface area (TPSA) is 49.2 Å². The van der Waals surface area contributed by atoms with Gasteiger partial charge in [-0.1, -0.05) is 17.7 Å². The molecule has 1 unspecified atom stereocenters. The molecule has 1 N–H and O–H groups in total. The minimum Gasteiger partial charge on any atom is -0.395 e. The van der Waals surface area contributed by atoms with Gasteiger partial charge in [0.25, 0.3) is 0 Å². The molecule has 1 aromatic heterocycles. The molecule has 6 heteroatoms. The summed E-state index contributed by atoms with van der Waals surface area (Å²) < 4.78 is 0. The molecule has 0 aliphatic carbocycles. The van der Waals surface area contributed by atoms with Crippen molar-refractivity contribution in [2.24, 2.45) is 0 Å². The van der Waals surface area contributed by atoms with Gasteiger partial charge in [0, 0.05) is 18.7 Å². The largest absolute Gasteiger partial charge is 0.395 e. The van der Waals surface area contributed by atoms with Crippen molar-refractivity contribution in [2.45, 2.75) is 13.0 Å². The van der Waals surface area contributed by atoms with Gasteiger partial charge in [0.2, 0.25) is 5.28 Å². The number of halogens is 2. The number of aliphatic hydroxyl groups excluding tert-OH is 1. The number of rotatable bonds is 5. The van der Waals surface area contributed by atoms with Crippen molar-refractivity contribution in [1.82, 2.24) is 9.97 Å². The van der Waals surface area contributed by atoms with E-state index in [4.69, 9.17) is 28.3 Å². The van der Waals surface area contributed by atoms with E-state index in [0.29, 0.717) is 12.4 Å². The fourth-order valence-electron chi connectivity index (χ4n) is 1.29. The zero-order valence-electron chi connectivity index (χ0n) is 8.90. The Balaban J connectivity index is 3.04. The maximum Gasteiger partial charge on any atom is 0.225 e. The van der Waals surface area contributed by atoms with E-state index in [1.165, 1.54) is 0 Å². The first-order chi connectivity index (χ1) is 7.58. The fourth-order valence-corrected chi connectivity index (χ4v) is 1.69. The van der Waals surface area contributed by atoms with Crippen molar-refractivity contribution in [2.75, 3.05) is 18.1 Å². The molecule has 0 spiro atoms. The Morgan fingerprint density at radius 3 is 2.75 bits per heavy atom. The zero-order chi connectivity index (χ0) is 12.1. The molecule has 1 rings (SSSR count). The van der Waals surface area contributed by atoms with E-state index in [2.05, 4.69) is 16.5 Å². The molecule has 0 fully saturated rings. The molecule has 88 valence electrons. The third kappa shape index (κ3) is 3.33. The molecule has 1 heterocycles. The van der Waals surface area contributed by atoms with E-state index < -0.39 is 0 Å². The Morgan fingerprint density at radius 2 is 2.25 bits per heavy atom. The summed E-state index contributed by atoms with van der Waals surface area (Å²) in [6, 6.07) is 1.62. The quantitative estimate of drug-likeness (QED) is 0.502. The highest BCUT2D eigenvalue weighted by atomic mass is 35.5. The molecule has 4 nitrogen and oxygen atoms in total. The van der Waals surface area contributed by atoms with Crippen LogP contribution in [0.15, 0.2) is 18.7 Å². The van der Waals surface area contributed by atoms with Gasteiger partial charge in [-0.3, -0.25) is 0 Å². The minimum absolute atomic E-state index is 0.0113. The number of hydrogen-bond donors (Lipinski definition) is 1. The van der Waals surface area contributed by atoms with Gasteiger partial charge in [-0.25, -0.2) is 9.97 Å². The molecule has 0 aliphatic rings. The fraction of sp³-hybridized carbons (Fsp3) is 0.400. The van der Waals surface area contributed by atoms with Crippen LogP contribution < -0.4 is 4.90 Å². The smallest absolute Gasteiger partial charge is 0.225 e. The maximum atomic E-state index is 9.00. The average Bonchev–Trinajstić information content (AvgIpc) is 2.23. The molecular weight excluding hydrogens is 249 g/mol. The summed E-state index contributed by atoms with van der Waals surface area (Å²) in [7, 11) is 0. The van der Waals surface area contributed by atoms with Crippen molar-refractivity contribution < 1.29 is 5.11 Å². The highest BCUT2D eigenvalue weighted by molar-refractivity contribution is 6.32. The lowest BCUT2D eigenvalue weighted by molar-refractivity contribution is 0.300. The molecule has 0 saturated heterocycles. The molecule has 16 heavy (non-hydrogen) atoms. The van der Waals surface area contributed by atoms with E-state index in [-0.39, 0.29) is 23.1 Å². The predicted molar refractivity (Wildman–Crippen MR) is 66.1 cm³/mol. The maximum absolute atomic E-state index is 9.00. The van der Waals surface area contributed by atoms with Gasteiger partial charge in [-0.05, 0) is 18.5 Å². The molecule has 0 aliphatic heterocycles. The Hall–Kier alpha value is -0.840. The van der Waals surface area contributed by atoms with Crippen molar-refractivity contribution in [1.29, 1.82) is 0 Å². The molecule has 1 aromatic rings. The number of aromatic nitrogens is 2.